The van der Waals surface area contributed by atoms with Crippen LogP contribution in [0.3, 0.4) is 0 Å². The highest BCUT2D eigenvalue weighted by Gasteiger charge is 2.34. The van der Waals surface area contributed by atoms with Crippen LogP contribution in [-0.4, -0.2) is 139 Å². The number of benzene rings is 9. The van der Waals surface area contributed by atoms with Crippen molar-refractivity contribution in [1.29, 1.82) is 15.8 Å². The Morgan fingerprint density at radius 3 is 1.51 bits per heavy atom. The first-order valence-electron chi connectivity index (χ1n) is 42.5. The Labute approximate surface area is 754 Å². The van der Waals surface area contributed by atoms with Crippen molar-refractivity contribution in [3.8, 4) is 63.2 Å². The van der Waals surface area contributed by atoms with Gasteiger partial charge in [0, 0.05) is 129 Å². The van der Waals surface area contributed by atoms with E-state index in [1.165, 1.54) is 55.0 Å². The maximum atomic E-state index is 14.6. The van der Waals surface area contributed by atoms with E-state index in [1.807, 2.05) is 138 Å². The van der Waals surface area contributed by atoms with Crippen LogP contribution < -0.4 is 31.1 Å². The maximum Gasteiger partial charge on any atom is 0.416 e. The lowest BCUT2D eigenvalue weighted by Crippen LogP contribution is -2.37. The van der Waals surface area contributed by atoms with Crippen LogP contribution in [0.4, 0.5) is 45.7 Å². The predicted molar refractivity (Wildman–Crippen MR) is 493 cm³/mol. The van der Waals surface area contributed by atoms with E-state index in [0.717, 1.165) is 57.9 Å². The molecule has 1 saturated carbocycles. The molecule has 1 aliphatic heterocycles. The highest BCUT2D eigenvalue weighted by Crippen LogP contribution is 2.35. The maximum absolute atomic E-state index is 14.6. The first-order valence-corrected chi connectivity index (χ1v) is 42.5. The molecule has 0 radical (unpaired) electrons. The summed E-state index contributed by atoms with van der Waals surface area (Å²) >= 11 is 0. The zero-order chi connectivity index (χ0) is 92.1. The number of hydrogen-bond acceptors (Lipinski definition) is 20. The number of aryl methyl sites for hydroxylation is 2. The van der Waals surface area contributed by atoms with Crippen LogP contribution in [0.1, 0.15) is 139 Å². The van der Waals surface area contributed by atoms with Gasteiger partial charge in [-0.05, 0) is 154 Å². The second-order valence-electron chi connectivity index (χ2n) is 30.7. The smallest absolute Gasteiger partial charge is 0.378 e. The number of morpholine rings is 1. The number of halogens is 5. The van der Waals surface area contributed by atoms with Crippen molar-refractivity contribution in [2.45, 2.75) is 86.2 Å². The number of aromatic nitrogens is 8. The summed E-state index contributed by atoms with van der Waals surface area (Å²) < 4.78 is 73.3. The lowest BCUT2D eigenvalue weighted by Gasteiger charge is -2.28. The van der Waals surface area contributed by atoms with Crippen LogP contribution in [0.5, 0.6) is 0 Å². The fourth-order valence-electron chi connectivity index (χ4n) is 13.9. The number of amides is 4. The lowest BCUT2D eigenvalue weighted by molar-refractivity contribution is -0.138. The topological polar surface area (TPSA) is 313 Å². The molecule has 0 atom stereocenters. The number of alkyl halides is 3. The Kier molecular flexibility index (Phi) is 32.8. The summed E-state index contributed by atoms with van der Waals surface area (Å²) in [7, 11) is 1.86. The summed E-state index contributed by atoms with van der Waals surface area (Å²) in [6.45, 7) is 16.6. The standard InChI is InChI=1S/C27H22FN5O.C26H27N5O2.C24H20F3N5O.C24H27FN4O.2H2/c28-23-8-4-7-19(15-23)13-14-30-27-32-18-24(26(34)31-17-21-5-2-1-3-6-21)25(33-27)22-11-9-20(16-29)10-12-22;1-3-30(18-21-6-4-5-19(2)15-21)25(32)23-17-28-26(31-11-13-33-14-12-31)29-24(23)22-9-7-20(16-27)8-10-22;25-24(26,27)20-4-2-1-3-18(20)13-30-23-31-14-19(22(33)29-12-16-5-6-16)21(32-23)17-9-7-15(11-28)8-10-17;1-5-28(4)24-26-15-20(22(27-24)19-12-7-8-13-21(19)25)23(30)29(6-2)16-18-11-9-10-17(3)14-18;;/h1-12,15,18H,13-14,17H2,(H,31,34)(H,30,32,33);4-10,15,17H,3,11-14,18H2,1-2H3;1-4,7-10,14,16H,5-6,12-13H2,(H,29,33)(H,30,31,32);7-15H,5-6,16H2,1-4H3;2*1H. The fraction of sp³-hybridized carbons (Fsp3) is 0.238. The van der Waals surface area contributed by atoms with Crippen LogP contribution in [0.25, 0.3) is 45.0 Å². The van der Waals surface area contributed by atoms with E-state index in [-0.39, 0.29) is 55.9 Å². The van der Waals surface area contributed by atoms with E-state index >= 15 is 0 Å². The van der Waals surface area contributed by atoms with E-state index in [0.29, 0.717) is 182 Å². The lowest BCUT2D eigenvalue weighted by atomic mass is 10.0. The van der Waals surface area contributed by atoms with Crippen molar-refractivity contribution >= 4 is 47.4 Å². The monoisotopic (exact) mass is 1750 g/mol. The quantitative estimate of drug-likeness (QED) is 0.0331. The van der Waals surface area contributed by atoms with Gasteiger partial charge in [0.15, 0.2) is 0 Å². The molecule has 2 fully saturated rings. The summed E-state index contributed by atoms with van der Waals surface area (Å²) in [4.78, 5) is 96.0. The summed E-state index contributed by atoms with van der Waals surface area (Å²) in [6, 6.07) is 70.7. The van der Waals surface area contributed by atoms with Gasteiger partial charge in [-0.25, -0.2) is 48.7 Å². The van der Waals surface area contributed by atoms with Gasteiger partial charge < -0.3 is 45.6 Å². The second kappa shape index (κ2) is 45.6. The van der Waals surface area contributed by atoms with Crippen molar-refractivity contribution in [2.24, 2.45) is 5.92 Å². The zero-order valence-electron chi connectivity index (χ0n) is 72.7. The van der Waals surface area contributed by atoms with Gasteiger partial charge in [-0.3, -0.25) is 19.2 Å². The first kappa shape index (κ1) is 93.6. The number of nitrogens with one attached hydrogen (secondary N) is 4. The average molecular weight is 1760 g/mol. The third kappa shape index (κ3) is 25.9. The number of anilines is 4. The molecule has 1 saturated heterocycles. The minimum absolute atomic E-state index is 0. The molecular formula is C101H100F5N19O5. The van der Waals surface area contributed by atoms with Crippen LogP contribution >= 0.6 is 0 Å². The van der Waals surface area contributed by atoms with Crippen molar-refractivity contribution in [1.82, 2.24) is 60.3 Å². The SMILES string of the molecule is CCN(Cc1cccc(C)c1)C(=O)c1cnc(N(C)CC)nc1-c1ccccc1F.CCN(Cc1cccc(C)c1)C(=O)c1cnc(N2CCOCC2)nc1-c1ccc(C#N)cc1.N#Cc1ccc(-c2nc(NCCc3cccc(F)c3)ncc2C(=O)NCc2ccccc2)cc1.N#Cc1ccc(-c2nc(NCc3ccccc3C(F)(F)F)ncc2C(=O)NCC2CC2)cc1.[HH].[HH]. The summed E-state index contributed by atoms with van der Waals surface area (Å²) in [5.74, 6) is 0.313. The molecule has 15 rings (SSSR count). The second-order valence-corrected chi connectivity index (χ2v) is 30.7. The molecule has 0 bridgehead atoms. The minimum atomic E-state index is -4.48. The number of nitriles is 3. The molecule has 29 heteroatoms. The number of carbonyl (C=O) groups is 4. The molecule has 2 aliphatic rings. The number of nitrogens with zero attached hydrogens (tertiary/aromatic N) is 15. The van der Waals surface area contributed by atoms with Crippen LogP contribution in [0.15, 0.2) is 249 Å². The molecule has 664 valence electrons. The van der Waals surface area contributed by atoms with E-state index in [9.17, 15) is 41.1 Å². The Balaban J connectivity index is 0.000000182. The highest BCUT2D eigenvalue weighted by molar-refractivity contribution is 6.02. The molecule has 1 aliphatic carbocycles. The molecule has 24 nitrogen and oxygen atoms in total. The van der Waals surface area contributed by atoms with E-state index < -0.39 is 17.6 Å². The first-order chi connectivity index (χ1) is 63.0. The molecule has 5 heterocycles. The van der Waals surface area contributed by atoms with Gasteiger partial charge in [-0.2, -0.15) is 29.0 Å². The van der Waals surface area contributed by atoms with Gasteiger partial charge in [-0.1, -0.05) is 169 Å². The summed E-state index contributed by atoms with van der Waals surface area (Å²) in [5.41, 5.74) is 12.5. The summed E-state index contributed by atoms with van der Waals surface area (Å²) in [5, 5.41) is 39.1. The number of ether oxygens (including phenoxy) is 1. The molecule has 0 unspecified atom stereocenters. The number of carbonyl (C=O) groups excluding carboxylic acids is 4. The van der Waals surface area contributed by atoms with Gasteiger partial charge >= 0.3 is 6.18 Å². The van der Waals surface area contributed by atoms with E-state index in [4.69, 9.17) is 25.5 Å². The molecule has 0 spiro atoms. The Morgan fingerprint density at radius 1 is 0.500 bits per heavy atom. The normalized spacial score (nSPS) is 12.0. The van der Waals surface area contributed by atoms with E-state index in [2.05, 4.69) is 85.3 Å². The largest absolute Gasteiger partial charge is 0.416 e. The Morgan fingerprint density at radius 2 is 0.985 bits per heavy atom. The van der Waals surface area contributed by atoms with Crippen molar-refractivity contribution in [2.75, 3.05) is 86.5 Å². The van der Waals surface area contributed by atoms with Crippen molar-refractivity contribution < 1.29 is 48.7 Å². The van der Waals surface area contributed by atoms with Gasteiger partial charge in [0.2, 0.25) is 23.8 Å². The van der Waals surface area contributed by atoms with Gasteiger partial charge in [-0.15, -0.1) is 0 Å². The third-order valence-electron chi connectivity index (χ3n) is 21.3. The summed E-state index contributed by atoms with van der Waals surface area (Å²) in [6.07, 6.45) is 4.28. The number of rotatable bonds is 28. The highest BCUT2D eigenvalue weighted by atomic mass is 19.4. The van der Waals surface area contributed by atoms with Crippen LogP contribution in [0, 0.1) is 65.4 Å². The molecule has 4 N–H and O–H groups in total. The predicted octanol–water partition coefficient (Wildman–Crippen LogP) is 18.5. The molecule has 9 aromatic carbocycles. The average Bonchev–Trinajstić information content (AvgIpc) is 1.18. The molecule has 4 aromatic heterocycles. The minimum Gasteiger partial charge on any atom is -0.378 e. The number of hydrogen-bond donors (Lipinski definition) is 4. The molecular weight excluding hydrogens is 1650 g/mol. The van der Waals surface area contributed by atoms with E-state index in [1.54, 1.807) is 101 Å². The van der Waals surface area contributed by atoms with Gasteiger partial charge in [0.25, 0.3) is 23.6 Å². The molecule has 13 aromatic rings. The molecule has 130 heavy (non-hydrogen) atoms. The zero-order valence-corrected chi connectivity index (χ0v) is 72.7. The van der Waals surface area contributed by atoms with Crippen molar-refractivity contribution in [3.05, 3.63) is 344 Å². The molecule has 4 amide bonds. The Bertz CT molecular complexity index is 6230. The third-order valence-corrected chi connectivity index (χ3v) is 21.3. The van der Waals surface area contributed by atoms with Gasteiger partial charge in [0.05, 0.1) is 98.7 Å². The fourth-order valence-corrected chi connectivity index (χ4v) is 13.9. The van der Waals surface area contributed by atoms with Gasteiger partial charge in [0.1, 0.15) is 11.6 Å². The Hall–Kier alpha value is -15.5. The van der Waals surface area contributed by atoms with Crippen molar-refractivity contribution in [3.63, 3.8) is 0 Å². The van der Waals surface area contributed by atoms with Crippen LogP contribution in [-0.2, 0) is 43.5 Å². The van der Waals surface area contributed by atoms with Crippen LogP contribution in [0.2, 0.25) is 0 Å².